The summed E-state index contributed by atoms with van der Waals surface area (Å²) in [5, 5.41) is 12.9. The molecule has 0 spiro atoms. The first-order chi connectivity index (χ1) is 11.7. The van der Waals surface area contributed by atoms with Crippen molar-refractivity contribution >= 4 is 34.1 Å². The number of benzene rings is 2. The summed E-state index contributed by atoms with van der Waals surface area (Å²) in [4.78, 5) is 16.3. The van der Waals surface area contributed by atoms with Crippen LogP contribution in [0.3, 0.4) is 0 Å². The van der Waals surface area contributed by atoms with E-state index < -0.39 is 0 Å². The normalized spacial score (nSPS) is 10.2. The number of halogens is 1. The predicted molar refractivity (Wildman–Crippen MR) is 92.0 cm³/mol. The number of nitriles is 1. The number of anilines is 1. The summed E-state index contributed by atoms with van der Waals surface area (Å²) >= 11 is 6.13. The van der Waals surface area contributed by atoms with E-state index in [1.807, 2.05) is 12.1 Å². The van der Waals surface area contributed by atoms with Crippen LogP contribution in [0.2, 0.25) is 5.02 Å². The smallest absolute Gasteiger partial charge is 0.262 e. The second kappa shape index (κ2) is 6.99. The zero-order chi connectivity index (χ0) is 16.9. The first kappa shape index (κ1) is 15.8. The lowest BCUT2D eigenvalue weighted by Crippen LogP contribution is -2.20. The fourth-order valence-electron chi connectivity index (χ4n) is 2.24. The number of carbonyl (C=O) groups excluding carboxylic acids is 1. The van der Waals surface area contributed by atoms with Gasteiger partial charge in [0.1, 0.15) is 11.3 Å². The number of nitrogens with zero attached hydrogens (tertiary/aromatic N) is 2. The topological polar surface area (TPSA) is 75.0 Å². The number of hydrogen-bond donors (Lipinski definition) is 1. The second-order valence-corrected chi connectivity index (χ2v) is 5.38. The minimum atomic E-state index is -0.330. The van der Waals surface area contributed by atoms with E-state index in [0.29, 0.717) is 27.5 Å². The fourth-order valence-corrected chi connectivity index (χ4v) is 2.45. The van der Waals surface area contributed by atoms with Crippen molar-refractivity contribution in [3.05, 3.63) is 65.3 Å². The van der Waals surface area contributed by atoms with Crippen molar-refractivity contribution in [3.63, 3.8) is 0 Å². The maximum atomic E-state index is 12.0. The van der Waals surface area contributed by atoms with Crippen LogP contribution in [0.15, 0.2) is 54.7 Å². The van der Waals surface area contributed by atoms with E-state index >= 15 is 0 Å². The van der Waals surface area contributed by atoms with Crippen molar-refractivity contribution in [1.29, 1.82) is 5.26 Å². The second-order valence-electron chi connectivity index (χ2n) is 4.97. The zero-order valence-electron chi connectivity index (χ0n) is 12.5. The van der Waals surface area contributed by atoms with Gasteiger partial charge in [-0.3, -0.25) is 9.78 Å². The number of amides is 1. The Kier molecular flexibility index (Phi) is 4.59. The molecule has 6 heteroatoms. The number of pyridine rings is 1. The third kappa shape index (κ3) is 3.45. The van der Waals surface area contributed by atoms with Crippen LogP contribution in [0.25, 0.3) is 10.9 Å². The molecule has 0 saturated carbocycles. The molecular formula is C18H12ClN3O2. The largest absolute Gasteiger partial charge is 0.481 e. The van der Waals surface area contributed by atoms with Gasteiger partial charge in [0.15, 0.2) is 6.61 Å². The Bertz CT molecular complexity index is 950. The quantitative estimate of drug-likeness (QED) is 0.786. The van der Waals surface area contributed by atoms with Gasteiger partial charge in [0.2, 0.25) is 0 Å². The molecule has 0 saturated heterocycles. The molecule has 0 aliphatic rings. The molecule has 3 rings (SSSR count). The van der Waals surface area contributed by atoms with Crippen molar-refractivity contribution in [2.45, 2.75) is 0 Å². The Hall–Kier alpha value is -3.10. The number of hydrogen-bond acceptors (Lipinski definition) is 4. The molecule has 0 aliphatic heterocycles. The number of aromatic nitrogens is 1. The van der Waals surface area contributed by atoms with E-state index in [2.05, 4.69) is 10.3 Å². The molecule has 1 amide bonds. The van der Waals surface area contributed by atoms with E-state index in [9.17, 15) is 4.79 Å². The molecule has 0 fully saturated rings. The average Bonchev–Trinajstić information content (AvgIpc) is 2.61. The van der Waals surface area contributed by atoms with Gasteiger partial charge >= 0.3 is 0 Å². The van der Waals surface area contributed by atoms with Gasteiger partial charge in [-0.1, -0.05) is 17.7 Å². The predicted octanol–water partition coefficient (Wildman–Crippen LogP) is 3.78. The molecule has 1 aromatic heterocycles. The van der Waals surface area contributed by atoms with Crippen LogP contribution < -0.4 is 10.1 Å². The Morgan fingerprint density at radius 2 is 2.12 bits per heavy atom. The van der Waals surface area contributed by atoms with Crippen LogP contribution in [-0.4, -0.2) is 17.5 Å². The average molecular weight is 338 g/mol. The lowest BCUT2D eigenvalue weighted by Gasteiger charge is -2.10. The van der Waals surface area contributed by atoms with Crippen LogP contribution >= 0.6 is 11.6 Å². The highest BCUT2D eigenvalue weighted by atomic mass is 35.5. The highest BCUT2D eigenvalue weighted by Gasteiger charge is 2.09. The maximum absolute atomic E-state index is 12.0. The van der Waals surface area contributed by atoms with Crippen LogP contribution in [0.5, 0.6) is 5.75 Å². The van der Waals surface area contributed by atoms with Gasteiger partial charge in [-0.2, -0.15) is 5.26 Å². The van der Waals surface area contributed by atoms with E-state index in [-0.39, 0.29) is 12.5 Å². The molecule has 3 aromatic rings. The summed E-state index contributed by atoms with van der Waals surface area (Å²) in [5.41, 5.74) is 1.62. The number of fused-ring (bicyclic) bond motifs is 1. The van der Waals surface area contributed by atoms with Gasteiger partial charge in [0, 0.05) is 17.3 Å². The summed E-state index contributed by atoms with van der Waals surface area (Å²) in [5.74, 6) is 0.153. The van der Waals surface area contributed by atoms with Gasteiger partial charge in [0.25, 0.3) is 5.91 Å². The first-order valence-electron chi connectivity index (χ1n) is 7.13. The molecule has 0 atom stereocenters. The third-order valence-electron chi connectivity index (χ3n) is 3.31. The summed E-state index contributed by atoms with van der Waals surface area (Å²) in [6.45, 7) is -0.177. The van der Waals surface area contributed by atoms with Gasteiger partial charge in [-0.05, 0) is 42.5 Å². The minimum Gasteiger partial charge on any atom is -0.481 e. The zero-order valence-corrected chi connectivity index (χ0v) is 13.2. The molecule has 24 heavy (non-hydrogen) atoms. The molecule has 0 aliphatic carbocycles. The minimum absolute atomic E-state index is 0.177. The molecule has 1 heterocycles. The van der Waals surface area contributed by atoms with Crippen molar-refractivity contribution in [3.8, 4) is 11.8 Å². The molecule has 0 unspecified atom stereocenters. The monoisotopic (exact) mass is 337 g/mol. The van der Waals surface area contributed by atoms with E-state index in [1.54, 1.807) is 48.7 Å². The van der Waals surface area contributed by atoms with Crippen molar-refractivity contribution in [2.24, 2.45) is 0 Å². The summed E-state index contributed by atoms with van der Waals surface area (Å²) < 4.78 is 5.57. The van der Waals surface area contributed by atoms with Crippen molar-refractivity contribution in [2.75, 3.05) is 11.9 Å². The summed E-state index contributed by atoms with van der Waals surface area (Å²) in [6.07, 6.45) is 1.64. The summed E-state index contributed by atoms with van der Waals surface area (Å²) in [6, 6.07) is 15.7. The van der Waals surface area contributed by atoms with Crippen LogP contribution in [0.4, 0.5) is 5.69 Å². The Morgan fingerprint density at radius 3 is 2.96 bits per heavy atom. The number of nitrogens with one attached hydrogen (secondary N) is 1. The number of ether oxygens (including phenoxy) is 1. The fraction of sp³-hybridized carbons (Fsp3) is 0.0556. The maximum Gasteiger partial charge on any atom is 0.262 e. The molecule has 0 bridgehead atoms. The van der Waals surface area contributed by atoms with Gasteiger partial charge in [-0.15, -0.1) is 0 Å². The van der Waals surface area contributed by atoms with E-state index in [1.165, 1.54) is 0 Å². The van der Waals surface area contributed by atoms with Crippen molar-refractivity contribution < 1.29 is 9.53 Å². The molecule has 118 valence electrons. The Labute approximate surface area is 143 Å². The highest BCUT2D eigenvalue weighted by molar-refractivity contribution is 6.35. The first-order valence-corrected chi connectivity index (χ1v) is 7.51. The molecular weight excluding hydrogens is 326 g/mol. The number of rotatable bonds is 4. The Morgan fingerprint density at radius 1 is 1.25 bits per heavy atom. The van der Waals surface area contributed by atoms with Crippen molar-refractivity contribution in [1.82, 2.24) is 4.98 Å². The van der Waals surface area contributed by atoms with E-state index in [0.717, 1.165) is 5.39 Å². The molecule has 5 nitrogen and oxygen atoms in total. The van der Waals surface area contributed by atoms with E-state index in [4.69, 9.17) is 21.6 Å². The SMILES string of the molecule is N#Cc1cccc(NC(=O)COc2ccc(Cl)c3cccnc23)c1. The van der Waals surface area contributed by atoms with Crippen LogP contribution in [0, 0.1) is 11.3 Å². The molecule has 0 radical (unpaired) electrons. The lowest BCUT2D eigenvalue weighted by molar-refractivity contribution is -0.118. The molecule has 1 N–H and O–H groups in total. The van der Waals surface area contributed by atoms with Gasteiger partial charge in [0.05, 0.1) is 16.7 Å². The lowest BCUT2D eigenvalue weighted by atomic mass is 10.2. The standard InChI is InChI=1S/C18H12ClN3O2/c19-15-6-7-16(18-14(15)5-2-8-21-18)24-11-17(23)22-13-4-1-3-12(9-13)10-20/h1-9H,11H2,(H,22,23). The third-order valence-corrected chi connectivity index (χ3v) is 3.64. The van der Waals surface area contributed by atoms with Gasteiger partial charge in [-0.25, -0.2) is 0 Å². The molecule has 2 aromatic carbocycles. The van der Waals surface area contributed by atoms with Gasteiger partial charge < -0.3 is 10.1 Å². The highest BCUT2D eigenvalue weighted by Crippen LogP contribution is 2.29. The van der Waals surface area contributed by atoms with Crippen LogP contribution in [-0.2, 0) is 4.79 Å². The summed E-state index contributed by atoms with van der Waals surface area (Å²) in [7, 11) is 0. The van der Waals surface area contributed by atoms with Crippen LogP contribution in [0.1, 0.15) is 5.56 Å². The number of carbonyl (C=O) groups is 1. The Balaban J connectivity index is 1.71.